The van der Waals surface area contributed by atoms with E-state index in [2.05, 4.69) is 5.32 Å². The first-order valence-corrected chi connectivity index (χ1v) is 3.58. The van der Waals surface area contributed by atoms with Gasteiger partial charge in [0.1, 0.15) is 0 Å². The maximum atomic E-state index is 12.1. The van der Waals surface area contributed by atoms with E-state index in [4.69, 9.17) is 0 Å². The molecule has 2 atom stereocenters. The molecule has 0 aromatic rings. The summed E-state index contributed by atoms with van der Waals surface area (Å²) in [4.78, 5) is 10.8. The third-order valence-corrected chi connectivity index (χ3v) is 2.23. The highest BCUT2D eigenvalue weighted by Crippen LogP contribution is 2.40. The molecule has 1 heterocycles. The van der Waals surface area contributed by atoms with E-state index in [0.29, 0.717) is 0 Å². The molecule has 1 saturated heterocycles. The van der Waals surface area contributed by atoms with Crippen LogP contribution in [-0.2, 0) is 4.79 Å². The zero-order valence-corrected chi connectivity index (χ0v) is 5.98. The van der Waals surface area contributed by atoms with Crippen LogP contribution in [0.25, 0.3) is 0 Å². The van der Waals surface area contributed by atoms with Gasteiger partial charge in [0.15, 0.2) is 0 Å². The van der Waals surface area contributed by atoms with Crippen LogP contribution in [0.3, 0.4) is 0 Å². The Balaban J connectivity index is 2.28. The zero-order chi connectivity index (χ0) is 8.93. The molecule has 0 aromatic carbocycles. The van der Waals surface area contributed by atoms with E-state index in [9.17, 15) is 18.0 Å². The fourth-order valence-electron chi connectivity index (χ4n) is 1.67. The second-order valence-electron chi connectivity index (χ2n) is 3.02. The van der Waals surface area contributed by atoms with E-state index < -0.39 is 23.7 Å². The molecular weight excluding hydrogens is 171 g/mol. The molecule has 1 aliphatic carbocycles. The Morgan fingerprint density at radius 1 is 1.50 bits per heavy atom. The molecule has 5 heteroatoms. The number of nitrogens with one attached hydrogen (secondary N) is 1. The second-order valence-corrected chi connectivity index (χ2v) is 3.02. The van der Waals surface area contributed by atoms with Gasteiger partial charge in [0, 0.05) is 0 Å². The normalized spacial score (nSPS) is 33.6. The minimum Gasteiger partial charge on any atom is -0.349 e. The Kier molecular flexibility index (Phi) is 1.29. The van der Waals surface area contributed by atoms with Crippen molar-refractivity contribution in [3.63, 3.8) is 0 Å². The first-order valence-electron chi connectivity index (χ1n) is 3.58. The van der Waals surface area contributed by atoms with E-state index >= 15 is 0 Å². The van der Waals surface area contributed by atoms with Crippen LogP contribution in [-0.4, -0.2) is 18.1 Å². The molecule has 1 fully saturated rings. The van der Waals surface area contributed by atoms with Crippen molar-refractivity contribution in [1.29, 1.82) is 0 Å². The van der Waals surface area contributed by atoms with Crippen LogP contribution in [0.15, 0.2) is 11.6 Å². The molecule has 2 bridgehead atoms. The van der Waals surface area contributed by atoms with E-state index in [1.54, 1.807) is 0 Å². The fraction of sp³-hybridized carbons (Fsp3) is 0.571. The number of hydrogen-bond donors (Lipinski definition) is 1. The average molecular weight is 177 g/mol. The highest BCUT2D eigenvalue weighted by molar-refractivity contribution is 5.85. The summed E-state index contributed by atoms with van der Waals surface area (Å²) in [5.74, 6) is -0.834. The summed E-state index contributed by atoms with van der Waals surface area (Å²) < 4.78 is 36.4. The third-order valence-electron chi connectivity index (χ3n) is 2.23. The van der Waals surface area contributed by atoms with E-state index in [-0.39, 0.29) is 12.3 Å². The monoisotopic (exact) mass is 177 g/mol. The van der Waals surface area contributed by atoms with Crippen LogP contribution in [0.4, 0.5) is 13.2 Å². The Morgan fingerprint density at radius 3 is 2.50 bits per heavy atom. The topological polar surface area (TPSA) is 29.1 Å². The number of carbonyl (C=O) groups is 1. The summed E-state index contributed by atoms with van der Waals surface area (Å²) in [7, 11) is 0. The lowest BCUT2D eigenvalue weighted by Crippen LogP contribution is -2.36. The van der Waals surface area contributed by atoms with Gasteiger partial charge in [-0.25, -0.2) is 0 Å². The number of hydrogen-bond acceptors (Lipinski definition) is 1. The van der Waals surface area contributed by atoms with Gasteiger partial charge in [0.2, 0.25) is 5.91 Å². The molecule has 0 saturated carbocycles. The number of amides is 1. The van der Waals surface area contributed by atoms with Crippen LogP contribution >= 0.6 is 0 Å². The highest BCUT2D eigenvalue weighted by Gasteiger charge is 2.49. The smallest absolute Gasteiger partial charge is 0.349 e. The SMILES string of the molecule is O=C1N[C@H]2C[C@@H]1C=C2C(F)(F)F. The summed E-state index contributed by atoms with van der Waals surface area (Å²) in [6, 6.07) is -0.789. The molecule has 66 valence electrons. The van der Waals surface area contributed by atoms with Gasteiger partial charge < -0.3 is 5.32 Å². The molecule has 1 amide bonds. The summed E-state index contributed by atoms with van der Waals surface area (Å²) >= 11 is 0. The van der Waals surface area contributed by atoms with E-state index in [1.807, 2.05) is 0 Å². The number of halogens is 3. The Bertz CT molecular complexity index is 268. The second kappa shape index (κ2) is 2.02. The average Bonchev–Trinajstić information content (AvgIpc) is 2.41. The van der Waals surface area contributed by atoms with Gasteiger partial charge in [-0.1, -0.05) is 6.08 Å². The van der Waals surface area contributed by atoms with Crippen LogP contribution in [0.1, 0.15) is 6.42 Å². The van der Waals surface area contributed by atoms with E-state index in [0.717, 1.165) is 6.08 Å². The van der Waals surface area contributed by atoms with Crippen LogP contribution in [0.5, 0.6) is 0 Å². The largest absolute Gasteiger partial charge is 0.414 e. The summed E-state index contributed by atoms with van der Waals surface area (Å²) in [5, 5.41) is 2.28. The maximum absolute atomic E-state index is 12.1. The first-order chi connectivity index (χ1) is 5.48. The van der Waals surface area contributed by atoms with Gasteiger partial charge in [-0.05, 0) is 6.42 Å². The molecule has 2 rings (SSSR count). The lowest BCUT2D eigenvalue weighted by Gasteiger charge is -2.17. The third kappa shape index (κ3) is 0.922. The lowest BCUT2D eigenvalue weighted by molar-refractivity contribution is -0.122. The molecule has 0 radical (unpaired) electrons. The first kappa shape index (κ1) is 7.64. The van der Waals surface area contributed by atoms with Crippen molar-refractivity contribution in [2.24, 2.45) is 5.92 Å². The quantitative estimate of drug-likeness (QED) is 0.549. The Morgan fingerprint density at radius 2 is 2.17 bits per heavy atom. The summed E-state index contributed by atoms with van der Waals surface area (Å²) in [5.41, 5.74) is -0.591. The van der Waals surface area contributed by atoms with Crippen molar-refractivity contribution in [2.75, 3.05) is 0 Å². The molecule has 0 aromatic heterocycles. The Labute approximate surface area is 66.4 Å². The van der Waals surface area contributed by atoms with Crippen LogP contribution < -0.4 is 5.32 Å². The molecule has 0 unspecified atom stereocenters. The van der Waals surface area contributed by atoms with E-state index in [1.165, 1.54) is 0 Å². The molecule has 0 spiro atoms. The van der Waals surface area contributed by atoms with Gasteiger partial charge in [-0.2, -0.15) is 13.2 Å². The predicted octanol–water partition coefficient (Wildman–Crippen LogP) is 0.993. The summed E-state index contributed by atoms with van der Waals surface area (Å²) in [6.07, 6.45) is -2.98. The minimum absolute atomic E-state index is 0.272. The molecule has 2 nitrogen and oxygen atoms in total. The number of alkyl halides is 3. The molecule has 1 aliphatic heterocycles. The maximum Gasteiger partial charge on any atom is 0.414 e. The van der Waals surface area contributed by atoms with Crippen molar-refractivity contribution in [2.45, 2.75) is 18.6 Å². The van der Waals surface area contributed by atoms with Crippen molar-refractivity contribution < 1.29 is 18.0 Å². The van der Waals surface area contributed by atoms with Crippen molar-refractivity contribution in [3.05, 3.63) is 11.6 Å². The highest BCUT2D eigenvalue weighted by atomic mass is 19.4. The minimum atomic E-state index is -4.28. The number of carbonyl (C=O) groups excluding carboxylic acids is 1. The lowest BCUT2D eigenvalue weighted by atomic mass is 10.1. The van der Waals surface area contributed by atoms with Gasteiger partial charge in [-0.15, -0.1) is 0 Å². The van der Waals surface area contributed by atoms with Crippen molar-refractivity contribution >= 4 is 5.91 Å². The number of rotatable bonds is 0. The van der Waals surface area contributed by atoms with Crippen LogP contribution in [0, 0.1) is 5.92 Å². The Hall–Kier alpha value is -1.00. The number of fused-ring (bicyclic) bond motifs is 2. The van der Waals surface area contributed by atoms with Crippen molar-refractivity contribution in [1.82, 2.24) is 5.32 Å². The molecule has 12 heavy (non-hydrogen) atoms. The zero-order valence-electron chi connectivity index (χ0n) is 5.98. The van der Waals surface area contributed by atoms with Crippen LogP contribution in [0.2, 0.25) is 0 Å². The molecule has 2 aliphatic rings. The van der Waals surface area contributed by atoms with Gasteiger partial charge >= 0.3 is 6.18 Å². The van der Waals surface area contributed by atoms with Crippen molar-refractivity contribution in [3.8, 4) is 0 Å². The fourth-order valence-corrected chi connectivity index (χ4v) is 1.67. The molecule has 1 N–H and O–H groups in total. The van der Waals surface area contributed by atoms with Gasteiger partial charge in [0.05, 0.1) is 17.5 Å². The van der Waals surface area contributed by atoms with Gasteiger partial charge in [-0.3, -0.25) is 4.79 Å². The predicted molar refractivity (Wildman–Crippen MR) is 34.2 cm³/mol. The van der Waals surface area contributed by atoms with Gasteiger partial charge in [0.25, 0.3) is 0 Å². The molecular formula is C7H6F3NO. The standard InChI is InChI=1S/C7H6F3NO/c8-7(9,10)4-1-3-2-5(4)11-6(3)12/h1,3,5H,2H2,(H,11,12)/t3-,5-/m0/s1. The summed E-state index contributed by atoms with van der Waals surface area (Å²) in [6.45, 7) is 0.